The van der Waals surface area contributed by atoms with Crippen LogP contribution in [-0.4, -0.2) is 49.5 Å². The second kappa shape index (κ2) is 9.08. The number of rotatable bonds is 5. The number of aromatic nitrogens is 2. The Hall–Kier alpha value is -1.90. The Morgan fingerprint density at radius 1 is 1.17 bits per heavy atom. The van der Waals surface area contributed by atoms with Crippen molar-refractivity contribution in [3.05, 3.63) is 51.4 Å². The van der Waals surface area contributed by atoms with Gasteiger partial charge < -0.3 is 10.1 Å². The van der Waals surface area contributed by atoms with Crippen LogP contribution in [0.25, 0.3) is 5.69 Å². The molecule has 0 spiro atoms. The van der Waals surface area contributed by atoms with Crippen molar-refractivity contribution in [1.29, 1.82) is 0 Å². The van der Waals surface area contributed by atoms with E-state index in [9.17, 15) is 13.2 Å². The highest BCUT2D eigenvalue weighted by Crippen LogP contribution is 2.29. The van der Waals surface area contributed by atoms with Crippen molar-refractivity contribution in [2.45, 2.75) is 31.6 Å². The van der Waals surface area contributed by atoms with E-state index in [0.717, 1.165) is 25.0 Å². The van der Waals surface area contributed by atoms with Gasteiger partial charge >= 0.3 is 0 Å². The molecule has 162 valence electrons. The van der Waals surface area contributed by atoms with Gasteiger partial charge in [0, 0.05) is 13.2 Å². The summed E-state index contributed by atoms with van der Waals surface area (Å²) in [5, 5.41) is 7.62. The highest BCUT2D eigenvalue weighted by Gasteiger charge is 2.24. The zero-order valence-electron chi connectivity index (χ0n) is 16.7. The largest absolute Gasteiger partial charge is 0.382 e. The number of nitrogens with zero attached hydrogens (tertiary/aromatic N) is 2. The van der Waals surface area contributed by atoms with Crippen LogP contribution in [0.5, 0.6) is 0 Å². The number of anilines is 1. The molecule has 0 aliphatic carbocycles. The average molecular weight is 452 g/mol. The van der Waals surface area contributed by atoms with Crippen molar-refractivity contribution in [1.82, 2.24) is 9.78 Å². The lowest BCUT2D eigenvalue weighted by molar-refractivity contribution is 0.0595. The van der Waals surface area contributed by atoms with Crippen LogP contribution in [0.15, 0.2) is 35.3 Å². The van der Waals surface area contributed by atoms with Crippen LogP contribution >= 0.6 is 11.6 Å². The SMILES string of the molecule is O=c1c(Cl)c(NCC2CCCOC2)cnn1-c1ccc(C2CCS(=O)(=O)CC2)cc1. The standard InChI is InChI=1S/C21H26ClN3O4S/c22-20-19(23-12-15-2-1-9-29-14-15)13-24-25(21(20)26)18-5-3-16(4-6-18)17-7-10-30(27,28)11-8-17/h3-6,13,15,17,23H,1-2,7-12,14H2. The van der Waals surface area contributed by atoms with Gasteiger partial charge in [-0.2, -0.15) is 9.78 Å². The molecule has 1 atom stereocenters. The summed E-state index contributed by atoms with van der Waals surface area (Å²) < 4.78 is 30.0. The molecule has 0 saturated carbocycles. The van der Waals surface area contributed by atoms with Crippen molar-refractivity contribution in [3.8, 4) is 5.69 Å². The first kappa shape index (κ1) is 21.3. The molecule has 9 heteroatoms. The van der Waals surface area contributed by atoms with E-state index in [0.29, 0.717) is 43.3 Å². The highest BCUT2D eigenvalue weighted by atomic mass is 35.5. The number of benzene rings is 1. The lowest BCUT2D eigenvalue weighted by Crippen LogP contribution is -2.27. The Morgan fingerprint density at radius 2 is 1.90 bits per heavy atom. The Balaban J connectivity index is 1.46. The molecule has 2 aliphatic rings. The lowest BCUT2D eigenvalue weighted by Gasteiger charge is -2.23. The van der Waals surface area contributed by atoms with Gasteiger partial charge in [0.1, 0.15) is 14.9 Å². The van der Waals surface area contributed by atoms with Gasteiger partial charge in [-0.3, -0.25) is 4.79 Å². The second-order valence-electron chi connectivity index (χ2n) is 8.07. The first-order valence-corrected chi connectivity index (χ1v) is 12.5. The first-order chi connectivity index (χ1) is 14.4. The summed E-state index contributed by atoms with van der Waals surface area (Å²) in [6, 6.07) is 7.54. The fourth-order valence-electron chi connectivity index (χ4n) is 4.07. The van der Waals surface area contributed by atoms with Gasteiger partial charge in [-0.1, -0.05) is 23.7 Å². The van der Waals surface area contributed by atoms with Crippen LogP contribution < -0.4 is 10.9 Å². The van der Waals surface area contributed by atoms with Crippen LogP contribution in [0.1, 0.15) is 37.2 Å². The van der Waals surface area contributed by atoms with Crippen molar-refractivity contribution in [2.24, 2.45) is 5.92 Å². The zero-order chi connectivity index (χ0) is 21.1. The zero-order valence-corrected chi connectivity index (χ0v) is 18.3. The summed E-state index contributed by atoms with van der Waals surface area (Å²) in [5.74, 6) is 1.10. The summed E-state index contributed by atoms with van der Waals surface area (Å²) in [5.41, 5.74) is 1.86. The Morgan fingerprint density at radius 3 is 2.57 bits per heavy atom. The molecule has 3 heterocycles. The summed E-state index contributed by atoms with van der Waals surface area (Å²) in [6.07, 6.45) is 4.99. The van der Waals surface area contributed by atoms with E-state index in [1.807, 2.05) is 24.3 Å². The number of hydrogen-bond acceptors (Lipinski definition) is 6. The summed E-state index contributed by atoms with van der Waals surface area (Å²) in [6.45, 7) is 2.22. The number of sulfone groups is 1. The van der Waals surface area contributed by atoms with Gasteiger partial charge in [0.25, 0.3) is 5.56 Å². The van der Waals surface area contributed by atoms with Crippen LogP contribution in [0.2, 0.25) is 5.02 Å². The molecule has 1 N–H and O–H groups in total. The maximum Gasteiger partial charge on any atom is 0.292 e. The average Bonchev–Trinajstić information content (AvgIpc) is 2.76. The molecule has 30 heavy (non-hydrogen) atoms. The number of nitrogens with one attached hydrogen (secondary N) is 1. The molecule has 2 fully saturated rings. The monoisotopic (exact) mass is 451 g/mol. The molecule has 7 nitrogen and oxygen atoms in total. The van der Waals surface area contributed by atoms with E-state index in [-0.39, 0.29) is 28.0 Å². The van der Waals surface area contributed by atoms with E-state index < -0.39 is 9.84 Å². The summed E-state index contributed by atoms with van der Waals surface area (Å²) in [4.78, 5) is 12.7. The summed E-state index contributed by atoms with van der Waals surface area (Å²) >= 11 is 6.32. The quantitative estimate of drug-likeness (QED) is 0.751. The third-order valence-corrected chi connectivity index (χ3v) is 8.00. The van der Waals surface area contributed by atoms with E-state index >= 15 is 0 Å². The Kier molecular flexibility index (Phi) is 6.46. The summed E-state index contributed by atoms with van der Waals surface area (Å²) in [7, 11) is -2.88. The third-order valence-electron chi connectivity index (χ3n) is 5.92. The fraction of sp³-hybridized carbons (Fsp3) is 0.524. The highest BCUT2D eigenvalue weighted by molar-refractivity contribution is 7.91. The van der Waals surface area contributed by atoms with E-state index in [4.69, 9.17) is 16.3 Å². The molecule has 0 amide bonds. The normalized spacial score (nSPS) is 22.0. The predicted octanol–water partition coefficient (Wildman–Crippen LogP) is 3.02. The van der Waals surface area contributed by atoms with Gasteiger partial charge in [0.2, 0.25) is 0 Å². The first-order valence-electron chi connectivity index (χ1n) is 10.3. The van der Waals surface area contributed by atoms with Gasteiger partial charge in [-0.15, -0.1) is 0 Å². The van der Waals surface area contributed by atoms with Gasteiger partial charge in [0.05, 0.1) is 35.7 Å². The minimum absolute atomic E-state index is 0.114. The number of halogens is 1. The number of hydrogen-bond donors (Lipinski definition) is 1. The second-order valence-corrected chi connectivity index (χ2v) is 10.8. The van der Waals surface area contributed by atoms with Gasteiger partial charge in [-0.05, 0) is 55.2 Å². The van der Waals surface area contributed by atoms with Crippen LogP contribution in [0, 0.1) is 5.92 Å². The molecule has 1 unspecified atom stereocenters. The Labute approximate surface area is 181 Å². The Bertz CT molecular complexity index is 1030. The van der Waals surface area contributed by atoms with Crippen molar-refractivity contribution < 1.29 is 13.2 Å². The molecule has 0 radical (unpaired) electrons. The maximum absolute atomic E-state index is 12.7. The van der Waals surface area contributed by atoms with Crippen LogP contribution in [0.3, 0.4) is 0 Å². The minimum atomic E-state index is -2.88. The molecule has 2 saturated heterocycles. The molecular formula is C21H26ClN3O4S. The molecular weight excluding hydrogens is 426 g/mol. The van der Waals surface area contributed by atoms with Gasteiger partial charge in [-0.25, -0.2) is 8.42 Å². The van der Waals surface area contributed by atoms with E-state index in [1.54, 1.807) is 6.20 Å². The lowest BCUT2D eigenvalue weighted by atomic mass is 9.93. The van der Waals surface area contributed by atoms with Crippen molar-refractivity contribution in [3.63, 3.8) is 0 Å². The molecule has 1 aromatic carbocycles. The van der Waals surface area contributed by atoms with Crippen molar-refractivity contribution in [2.75, 3.05) is 36.6 Å². The topological polar surface area (TPSA) is 90.3 Å². The molecule has 4 rings (SSSR count). The minimum Gasteiger partial charge on any atom is -0.382 e. The molecule has 2 aromatic rings. The molecule has 1 aromatic heterocycles. The third kappa shape index (κ3) is 4.87. The van der Waals surface area contributed by atoms with E-state index in [2.05, 4.69) is 10.4 Å². The number of ether oxygens (including phenoxy) is 1. The molecule has 2 aliphatic heterocycles. The van der Waals surface area contributed by atoms with Crippen molar-refractivity contribution >= 4 is 27.1 Å². The predicted molar refractivity (Wildman–Crippen MR) is 118 cm³/mol. The smallest absolute Gasteiger partial charge is 0.292 e. The van der Waals surface area contributed by atoms with Crippen LogP contribution in [-0.2, 0) is 14.6 Å². The maximum atomic E-state index is 12.7. The molecule has 0 bridgehead atoms. The van der Waals surface area contributed by atoms with E-state index in [1.165, 1.54) is 4.68 Å². The fourth-order valence-corrected chi connectivity index (χ4v) is 5.76. The van der Waals surface area contributed by atoms with Gasteiger partial charge in [0.15, 0.2) is 0 Å². The van der Waals surface area contributed by atoms with Crippen LogP contribution in [0.4, 0.5) is 5.69 Å².